The molecular weight excluding hydrogens is 398 g/mol. The van der Waals surface area contributed by atoms with Crippen molar-refractivity contribution in [3.05, 3.63) is 45.2 Å². The van der Waals surface area contributed by atoms with Gasteiger partial charge in [-0.3, -0.25) is 0 Å². The summed E-state index contributed by atoms with van der Waals surface area (Å²) in [5.41, 5.74) is 0. The Labute approximate surface area is 141 Å². The summed E-state index contributed by atoms with van der Waals surface area (Å²) in [5.74, 6) is 0.616. The lowest BCUT2D eigenvalue weighted by molar-refractivity contribution is 0.287. The smallest absolute Gasteiger partial charge is 0.253 e. The second-order valence-electron chi connectivity index (χ2n) is 4.19. The van der Waals surface area contributed by atoms with E-state index in [2.05, 4.69) is 15.9 Å². The Morgan fingerprint density at radius 2 is 2.14 bits per heavy atom. The van der Waals surface area contributed by atoms with E-state index >= 15 is 0 Å². The first kappa shape index (κ1) is 16.8. The van der Waals surface area contributed by atoms with E-state index in [1.54, 1.807) is 35.7 Å². The van der Waals surface area contributed by atoms with Crippen LogP contribution in [0.4, 0.5) is 0 Å². The molecular formula is C13H13BrClNO3S2. The molecule has 0 saturated heterocycles. The van der Waals surface area contributed by atoms with Crippen molar-refractivity contribution >= 4 is 48.9 Å². The number of likely N-dealkylation sites (N-methyl/N-ethyl adjacent to an activating group) is 1. The summed E-state index contributed by atoms with van der Waals surface area (Å²) in [6.45, 7) is 0.498. The van der Waals surface area contributed by atoms with Gasteiger partial charge >= 0.3 is 0 Å². The molecule has 4 nitrogen and oxygen atoms in total. The van der Waals surface area contributed by atoms with E-state index in [1.807, 2.05) is 0 Å². The van der Waals surface area contributed by atoms with Crippen molar-refractivity contribution in [1.82, 2.24) is 4.31 Å². The normalized spacial score (nSPS) is 11.8. The van der Waals surface area contributed by atoms with Crippen LogP contribution in [0.15, 0.2) is 44.4 Å². The molecule has 0 amide bonds. The molecule has 1 aromatic carbocycles. The summed E-state index contributed by atoms with van der Waals surface area (Å²) < 4.78 is 32.3. The topological polar surface area (TPSA) is 46.6 Å². The lowest BCUT2D eigenvalue weighted by atomic mass is 10.3. The number of rotatable bonds is 6. The molecule has 0 aliphatic carbocycles. The van der Waals surface area contributed by atoms with Gasteiger partial charge in [-0.1, -0.05) is 17.7 Å². The van der Waals surface area contributed by atoms with Gasteiger partial charge < -0.3 is 4.74 Å². The molecule has 0 radical (unpaired) electrons. The lowest BCUT2D eigenvalue weighted by Crippen LogP contribution is -2.30. The summed E-state index contributed by atoms with van der Waals surface area (Å²) in [6, 6.07) is 8.70. The fourth-order valence-electron chi connectivity index (χ4n) is 1.57. The largest absolute Gasteiger partial charge is 0.492 e. The highest BCUT2D eigenvalue weighted by Crippen LogP contribution is 2.29. The standard InChI is InChI=1S/C13H13BrClNO3S2/c1-16(21(17,18)13-12(14)5-8-20-13)6-7-19-11-4-2-3-10(15)9-11/h2-5,8-9H,6-7H2,1H3. The fourth-order valence-corrected chi connectivity index (χ4v) is 5.41. The quantitative estimate of drug-likeness (QED) is 0.726. The zero-order chi connectivity index (χ0) is 15.5. The molecule has 1 heterocycles. The highest BCUT2D eigenvalue weighted by molar-refractivity contribution is 9.10. The van der Waals surface area contributed by atoms with Crippen molar-refractivity contribution in [1.29, 1.82) is 0 Å². The summed E-state index contributed by atoms with van der Waals surface area (Å²) in [4.78, 5) is 0. The van der Waals surface area contributed by atoms with E-state index in [4.69, 9.17) is 16.3 Å². The molecule has 0 bridgehead atoms. The Kier molecular flexibility index (Phi) is 5.67. The third-order valence-corrected chi connectivity index (χ3v) is 7.44. The van der Waals surface area contributed by atoms with Crippen molar-refractivity contribution in [2.24, 2.45) is 0 Å². The maximum absolute atomic E-state index is 12.3. The van der Waals surface area contributed by atoms with Crippen LogP contribution >= 0.6 is 38.9 Å². The molecule has 8 heteroatoms. The number of nitrogens with zero attached hydrogens (tertiary/aromatic N) is 1. The van der Waals surface area contributed by atoms with Crippen molar-refractivity contribution in [3.8, 4) is 5.75 Å². The second-order valence-corrected chi connectivity index (χ2v) is 8.64. The number of sulfonamides is 1. The van der Waals surface area contributed by atoms with E-state index in [0.717, 1.165) is 0 Å². The molecule has 21 heavy (non-hydrogen) atoms. The maximum Gasteiger partial charge on any atom is 0.253 e. The number of ether oxygens (including phenoxy) is 1. The fraction of sp³-hybridized carbons (Fsp3) is 0.231. The number of hydrogen-bond donors (Lipinski definition) is 0. The number of benzene rings is 1. The molecule has 0 spiro atoms. The molecule has 2 rings (SSSR count). The highest BCUT2D eigenvalue weighted by atomic mass is 79.9. The minimum Gasteiger partial charge on any atom is -0.492 e. The molecule has 0 fully saturated rings. The Morgan fingerprint density at radius 3 is 2.76 bits per heavy atom. The molecule has 0 atom stereocenters. The van der Waals surface area contributed by atoms with E-state index < -0.39 is 10.0 Å². The van der Waals surface area contributed by atoms with Gasteiger partial charge in [-0.25, -0.2) is 8.42 Å². The van der Waals surface area contributed by atoms with Crippen molar-refractivity contribution in [3.63, 3.8) is 0 Å². The van der Waals surface area contributed by atoms with Gasteiger partial charge in [0.1, 0.15) is 16.6 Å². The number of thiophene rings is 1. The van der Waals surface area contributed by atoms with Gasteiger partial charge in [0.2, 0.25) is 0 Å². The van der Waals surface area contributed by atoms with Crippen LogP contribution in [0, 0.1) is 0 Å². The minimum atomic E-state index is -3.49. The number of halogens is 2. The van der Waals surface area contributed by atoms with Gasteiger partial charge in [-0.05, 0) is 45.6 Å². The van der Waals surface area contributed by atoms with Gasteiger partial charge in [0, 0.05) is 23.1 Å². The van der Waals surface area contributed by atoms with E-state index in [9.17, 15) is 8.42 Å². The Bertz CT molecular complexity index is 718. The SMILES string of the molecule is CN(CCOc1cccc(Cl)c1)S(=O)(=O)c1sccc1Br. The predicted molar refractivity (Wildman–Crippen MR) is 88.8 cm³/mol. The molecule has 0 aliphatic heterocycles. The Balaban J connectivity index is 1.96. The van der Waals surface area contributed by atoms with Crippen LogP contribution in [-0.2, 0) is 10.0 Å². The van der Waals surface area contributed by atoms with Crippen molar-refractivity contribution < 1.29 is 13.2 Å². The summed E-state index contributed by atoms with van der Waals surface area (Å²) >= 11 is 10.3. The maximum atomic E-state index is 12.3. The van der Waals surface area contributed by atoms with Gasteiger partial charge in [-0.2, -0.15) is 4.31 Å². The molecule has 0 N–H and O–H groups in total. The van der Waals surface area contributed by atoms with Gasteiger partial charge in [0.25, 0.3) is 10.0 Å². The lowest BCUT2D eigenvalue weighted by Gasteiger charge is -2.16. The van der Waals surface area contributed by atoms with Crippen LogP contribution in [0.1, 0.15) is 0 Å². The molecule has 0 unspecified atom stereocenters. The first-order valence-electron chi connectivity index (χ1n) is 5.99. The van der Waals surface area contributed by atoms with Crippen LogP contribution < -0.4 is 4.74 Å². The van der Waals surface area contributed by atoms with Crippen LogP contribution in [-0.4, -0.2) is 32.9 Å². The van der Waals surface area contributed by atoms with Gasteiger partial charge in [-0.15, -0.1) is 11.3 Å². The van der Waals surface area contributed by atoms with Crippen LogP contribution in [0.2, 0.25) is 5.02 Å². The zero-order valence-corrected chi connectivity index (χ0v) is 15.1. The molecule has 0 saturated carbocycles. The summed E-state index contributed by atoms with van der Waals surface area (Å²) in [7, 11) is -1.96. The van der Waals surface area contributed by atoms with Crippen LogP contribution in [0.25, 0.3) is 0 Å². The Hall–Kier alpha value is -0.600. The number of hydrogen-bond acceptors (Lipinski definition) is 4. The van der Waals surface area contributed by atoms with E-state index in [0.29, 0.717) is 19.5 Å². The predicted octanol–water partition coefficient (Wildman–Crippen LogP) is 3.86. The average Bonchev–Trinajstić information content (AvgIpc) is 2.85. The Morgan fingerprint density at radius 1 is 1.38 bits per heavy atom. The second kappa shape index (κ2) is 7.11. The van der Waals surface area contributed by atoms with Crippen LogP contribution in [0.3, 0.4) is 0 Å². The third kappa shape index (κ3) is 4.20. The van der Waals surface area contributed by atoms with E-state index in [-0.39, 0.29) is 13.2 Å². The monoisotopic (exact) mass is 409 g/mol. The van der Waals surface area contributed by atoms with Gasteiger partial charge in [0.05, 0.1) is 0 Å². The zero-order valence-electron chi connectivity index (χ0n) is 11.1. The highest BCUT2D eigenvalue weighted by Gasteiger charge is 2.24. The average molecular weight is 411 g/mol. The first-order valence-corrected chi connectivity index (χ1v) is 9.48. The van der Waals surface area contributed by atoms with Crippen LogP contribution in [0.5, 0.6) is 5.75 Å². The van der Waals surface area contributed by atoms with Crippen molar-refractivity contribution in [2.75, 3.05) is 20.2 Å². The minimum absolute atomic E-state index is 0.249. The van der Waals surface area contributed by atoms with E-state index in [1.165, 1.54) is 22.7 Å². The first-order chi connectivity index (χ1) is 9.91. The third-order valence-electron chi connectivity index (χ3n) is 2.70. The molecule has 114 valence electrons. The molecule has 1 aromatic heterocycles. The molecule has 0 aliphatic rings. The van der Waals surface area contributed by atoms with Gasteiger partial charge in [0.15, 0.2) is 0 Å². The molecule has 2 aromatic rings. The van der Waals surface area contributed by atoms with Crippen molar-refractivity contribution in [2.45, 2.75) is 4.21 Å². The summed E-state index contributed by atoms with van der Waals surface area (Å²) in [6.07, 6.45) is 0. The summed E-state index contributed by atoms with van der Waals surface area (Å²) in [5, 5.41) is 2.31.